The Balaban J connectivity index is 1.48. The summed E-state index contributed by atoms with van der Waals surface area (Å²) >= 11 is -1.45. The van der Waals surface area contributed by atoms with Gasteiger partial charge < -0.3 is 9.45 Å². The Morgan fingerprint density at radius 3 is 2.71 bits per heavy atom. The molecule has 1 amide bonds. The fourth-order valence-corrected chi connectivity index (χ4v) is 4.76. The molecule has 2 aromatic rings. The van der Waals surface area contributed by atoms with Crippen molar-refractivity contribution in [2.45, 2.75) is 25.2 Å². The molecule has 0 aromatic heterocycles. The predicted molar refractivity (Wildman–Crippen MR) is 118 cm³/mol. The Kier molecular flexibility index (Phi) is 6.69. The molecule has 0 radical (unpaired) electrons. The van der Waals surface area contributed by atoms with E-state index in [4.69, 9.17) is 0 Å². The average Bonchev–Trinajstić information content (AvgIpc) is 3.58. The quantitative estimate of drug-likeness (QED) is 0.543. The van der Waals surface area contributed by atoms with E-state index in [0.717, 1.165) is 18.4 Å². The minimum atomic E-state index is -1.45. The normalized spacial score (nSPS) is 24.4. The fraction of sp³-hybridized carbons (Fsp3) is 0.391. The Morgan fingerprint density at radius 2 is 1.97 bits per heavy atom. The van der Waals surface area contributed by atoms with Crippen LogP contribution in [-0.4, -0.2) is 41.7 Å². The second-order valence-electron chi connectivity index (χ2n) is 8.03. The number of amides is 1. The van der Waals surface area contributed by atoms with Crippen molar-refractivity contribution >= 4 is 23.7 Å². The highest BCUT2D eigenvalue weighted by Gasteiger charge is 2.47. The molecule has 4 rings (SSSR count). The van der Waals surface area contributed by atoms with Gasteiger partial charge in [-0.1, -0.05) is 30.3 Å². The Labute approximate surface area is 184 Å². The van der Waals surface area contributed by atoms with E-state index in [0.29, 0.717) is 25.1 Å². The van der Waals surface area contributed by atoms with Crippen molar-refractivity contribution < 1.29 is 18.1 Å². The standard InChI is InChI=1S/C23H25F2N3O2S/c1-26-31(30)27-13-15-6-5-11-28(14-15)23(29)19-12-18(19)16-7-2-3-8-17(16)22-20(24)9-4-10-21(22)25/h2-4,7-10,13,15,18-19,26H,5-6,11-12,14H2,1H3/b27-13-/t15?,18-,19+,31?/m0/s1. The smallest absolute Gasteiger partial charge is 0.226 e. The Morgan fingerprint density at radius 1 is 1.23 bits per heavy atom. The zero-order valence-corrected chi connectivity index (χ0v) is 18.1. The molecule has 164 valence electrons. The van der Waals surface area contributed by atoms with Crippen LogP contribution >= 0.6 is 0 Å². The van der Waals surface area contributed by atoms with Gasteiger partial charge in [0, 0.05) is 32.0 Å². The van der Waals surface area contributed by atoms with Crippen molar-refractivity contribution in [2.75, 3.05) is 20.1 Å². The average molecular weight is 446 g/mol. The first kappa shape index (κ1) is 21.9. The highest BCUT2D eigenvalue weighted by molar-refractivity contribution is 7.88. The number of carbonyl (C=O) groups is 1. The first-order valence-corrected chi connectivity index (χ1v) is 11.6. The molecule has 0 bridgehead atoms. The van der Waals surface area contributed by atoms with E-state index in [1.165, 1.54) is 18.2 Å². The van der Waals surface area contributed by atoms with Crippen molar-refractivity contribution in [3.8, 4) is 11.1 Å². The number of hydrogen-bond acceptors (Lipinski definition) is 4. The number of rotatable bonds is 6. The maximum Gasteiger partial charge on any atom is 0.226 e. The number of hydrogen-bond donors (Lipinski definition) is 1. The zero-order chi connectivity index (χ0) is 22.0. The monoisotopic (exact) mass is 445 g/mol. The van der Waals surface area contributed by atoms with E-state index in [2.05, 4.69) is 9.12 Å². The van der Waals surface area contributed by atoms with E-state index >= 15 is 0 Å². The fourth-order valence-electron chi connectivity index (χ4n) is 4.38. The molecule has 1 heterocycles. The molecule has 5 nitrogen and oxygen atoms in total. The van der Waals surface area contributed by atoms with Gasteiger partial charge in [0.15, 0.2) is 11.5 Å². The Bertz CT molecular complexity index is 967. The second kappa shape index (κ2) is 9.46. The van der Waals surface area contributed by atoms with Crippen molar-refractivity contribution in [1.82, 2.24) is 9.62 Å². The van der Waals surface area contributed by atoms with E-state index in [-0.39, 0.29) is 29.2 Å². The van der Waals surface area contributed by atoms with Crippen molar-refractivity contribution in [3.05, 3.63) is 59.7 Å². The number of halogens is 2. The summed E-state index contributed by atoms with van der Waals surface area (Å²) in [6.07, 6.45) is 4.11. The lowest BCUT2D eigenvalue weighted by atomic mass is 9.94. The molecule has 4 atom stereocenters. The molecule has 8 heteroatoms. The van der Waals surface area contributed by atoms with Gasteiger partial charge in [-0.05, 0) is 52.8 Å². The molecule has 1 saturated heterocycles. The second-order valence-corrected chi connectivity index (χ2v) is 9.14. The van der Waals surface area contributed by atoms with Crippen LogP contribution in [0.5, 0.6) is 0 Å². The largest absolute Gasteiger partial charge is 0.572 e. The van der Waals surface area contributed by atoms with Gasteiger partial charge in [-0.15, -0.1) is 4.72 Å². The van der Waals surface area contributed by atoms with Crippen molar-refractivity contribution in [2.24, 2.45) is 16.2 Å². The highest BCUT2D eigenvalue weighted by Crippen LogP contribution is 2.51. The van der Waals surface area contributed by atoms with E-state index in [1.54, 1.807) is 25.4 Å². The lowest BCUT2D eigenvalue weighted by Crippen LogP contribution is -2.41. The molecule has 1 saturated carbocycles. The SMILES string of the molecule is CN[S+]([O-])/N=C\C1CCCN(C(=O)[C@@H]2C[C@H]2c2ccccc2-c2c(F)cccc2F)C1. The topological polar surface area (TPSA) is 67.8 Å². The maximum absolute atomic E-state index is 14.4. The number of piperidine rings is 1. The first-order valence-electron chi connectivity index (χ1n) is 10.4. The molecule has 0 spiro atoms. The third-order valence-corrected chi connectivity index (χ3v) is 6.67. The van der Waals surface area contributed by atoms with Crippen LogP contribution in [-0.2, 0) is 16.3 Å². The predicted octanol–water partition coefficient (Wildman–Crippen LogP) is 3.84. The molecule has 1 aliphatic heterocycles. The van der Waals surface area contributed by atoms with Gasteiger partial charge in [-0.3, -0.25) is 4.79 Å². The van der Waals surface area contributed by atoms with Gasteiger partial charge in [0.05, 0.1) is 11.8 Å². The molecular weight excluding hydrogens is 420 g/mol. The summed E-state index contributed by atoms with van der Waals surface area (Å²) in [6.45, 7) is 1.24. The summed E-state index contributed by atoms with van der Waals surface area (Å²) in [6, 6.07) is 11.0. The molecular formula is C23H25F2N3O2S. The zero-order valence-electron chi connectivity index (χ0n) is 17.3. The van der Waals surface area contributed by atoms with Crippen LogP contribution in [0.2, 0.25) is 0 Å². The van der Waals surface area contributed by atoms with Crippen molar-refractivity contribution in [1.29, 1.82) is 0 Å². The summed E-state index contributed by atoms with van der Waals surface area (Å²) in [5, 5.41) is 0. The maximum atomic E-state index is 14.4. The van der Waals surface area contributed by atoms with Crippen LogP contribution in [0, 0.1) is 23.5 Å². The van der Waals surface area contributed by atoms with Crippen LogP contribution in [0.25, 0.3) is 11.1 Å². The molecule has 31 heavy (non-hydrogen) atoms. The number of nitrogens with zero attached hydrogens (tertiary/aromatic N) is 2. The first-order chi connectivity index (χ1) is 15.0. The van der Waals surface area contributed by atoms with Crippen LogP contribution < -0.4 is 4.72 Å². The lowest BCUT2D eigenvalue weighted by molar-refractivity contribution is -0.134. The van der Waals surface area contributed by atoms with E-state index < -0.39 is 23.2 Å². The molecule has 2 aromatic carbocycles. The number of carbonyl (C=O) groups excluding carboxylic acids is 1. The number of benzene rings is 2. The summed E-state index contributed by atoms with van der Waals surface area (Å²) < 4.78 is 46.8. The summed E-state index contributed by atoms with van der Waals surface area (Å²) in [5.41, 5.74) is 1.28. The van der Waals surface area contributed by atoms with Gasteiger partial charge in [-0.25, -0.2) is 8.78 Å². The van der Waals surface area contributed by atoms with Gasteiger partial charge in [0.2, 0.25) is 5.91 Å². The van der Waals surface area contributed by atoms with E-state index in [9.17, 15) is 18.1 Å². The summed E-state index contributed by atoms with van der Waals surface area (Å²) in [7, 11) is 1.57. The molecule has 1 N–H and O–H groups in total. The number of nitrogens with one attached hydrogen (secondary N) is 1. The summed E-state index contributed by atoms with van der Waals surface area (Å²) in [4.78, 5) is 15.0. The highest BCUT2D eigenvalue weighted by atomic mass is 32.2. The minimum Gasteiger partial charge on any atom is -0.572 e. The summed E-state index contributed by atoms with van der Waals surface area (Å²) in [5.74, 6) is -1.29. The van der Waals surface area contributed by atoms with Crippen LogP contribution in [0.3, 0.4) is 0 Å². The lowest BCUT2D eigenvalue weighted by Gasteiger charge is -2.31. The minimum absolute atomic E-state index is 0.0389. The van der Waals surface area contributed by atoms with Gasteiger partial charge in [0.1, 0.15) is 11.6 Å². The molecule has 2 unspecified atom stereocenters. The van der Waals surface area contributed by atoms with Crippen LogP contribution in [0.1, 0.15) is 30.7 Å². The molecule has 2 aliphatic rings. The van der Waals surface area contributed by atoms with Crippen LogP contribution in [0.4, 0.5) is 8.78 Å². The third-order valence-electron chi connectivity index (χ3n) is 6.01. The van der Waals surface area contributed by atoms with Crippen molar-refractivity contribution in [3.63, 3.8) is 0 Å². The van der Waals surface area contributed by atoms with E-state index in [1.807, 2.05) is 17.0 Å². The molecule has 1 aliphatic carbocycles. The van der Waals surface area contributed by atoms with Crippen LogP contribution in [0.15, 0.2) is 46.9 Å². The van der Waals surface area contributed by atoms with Gasteiger partial charge in [0.25, 0.3) is 0 Å². The van der Waals surface area contributed by atoms with Gasteiger partial charge in [-0.2, -0.15) is 0 Å². The molecule has 2 fully saturated rings. The number of likely N-dealkylation sites (tertiary alicyclic amines) is 1. The Hall–Kier alpha value is -2.29. The third kappa shape index (κ3) is 4.81. The van der Waals surface area contributed by atoms with Gasteiger partial charge >= 0.3 is 0 Å².